The van der Waals surface area contributed by atoms with E-state index in [0.29, 0.717) is 6.04 Å². The van der Waals surface area contributed by atoms with Crippen molar-refractivity contribution in [2.75, 3.05) is 13.2 Å². The number of esters is 6. The van der Waals surface area contributed by atoms with Gasteiger partial charge in [0.05, 0.1) is 33.9 Å². The van der Waals surface area contributed by atoms with Crippen molar-refractivity contribution in [3.05, 3.63) is 179 Å². The molecule has 0 aliphatic carbocycles. The Morgan fingerprint density at radius 1 is 0.451 bits per heavy atom. The number of hydrogen-bond acceptors (Lipinski definition) is 16. The van der Waals surface area contributed by atoms with Crippen molar-refractivity contribution >= 4 is 43.9 Å². The van der Waals surface area contributed by atoms with Crippen LogP contribution in [-0.2, 0) is 52.2 Å². The molecule has 0 bridgehead atoms. The van der Waals surface area contributed by atoms with Gasteiger partial charge in [0, 0.05) is 21.6 Å². The number of benzene rings is 5. The summed E-state index contributed by atoms with van der Waals surface area (Å²) in [5.74, 6) is -4.99. The molecule has 5 aromatic carbocycles. The minimum atomic E-state index is -1.79. The Kier molecular flexibility index (Phi) is 17.7. The van der Waals surface area contributed by atoms with Gasteiger partial charge in [-0.25, -0.2) is 24.0 Å². The third kappa shape index (κ3) is 14.1. The van der Waals surface area contributed by atoms with E-state index in [-0.39, 0.29) is 34.4 Å². The number of carbonyl (C=O) groups excluding carboxylic acids is 6. The van der Waals surface area contributed by atoms with E-state index in [1.165, 1.54) is 55.5 Å². The maximum absolute atomic E-state index is 14.3. The average Bonchev–Trinajstić information content (AvgIpc) is 3.37. The third-order valence-corrected chi connectivity index (χ3v) is 13.1. The van der Waals surface area contributed by atoms with Crippen LogP contribution >= 0.6 is 0 Å². The Morgan fingerprint density at radius 3 is 1.24 bits per heavy atom. The zero-order chi connectivity index (χ0) is 50.5. The molecule has 0 spiro atoms. The van der Waals surface area contributed by atoms with E-state index >= 15 is 0 Å². The molecule has 0 N–H and O–H groups in total. The van der Waals surface area contributed by atoms with Crippen molar-refractivity contribution in [3.63, 3.8) is 0 Å². The third-order valence-electron chi connectivity index (χ3n) is 11.4. The maximum atomic E-state index is 14.3. The predicted molar refractivity (Wildman–Crippen MR) is 257 cm³/mol. The summed E-state index contributed by atoms with van der Waals surface area (Å²) in [4.78, 5) is 82.9. The molecule has 7 rings (SSSR count). The van der Waals surface area contributed by atoms with E-state index in [1.807, 2.05) is 0 Å². The van der Waals surface area contributed by atoms with Crippen molar-refractivity contribution in [1.29, 1.82) is 0 Å². The summed E-state index contributed by atoms with van der Waals surface area (Å²) in [6.45, 7) is 8.68. The predicted octanol–water partition coefficient (Wildman–Crippen LogP) is 7.89. The second-order valence-corrected chi connectivity index (χ2v) is 23.6. The molecule has 0 saturated carbocycles. The fourth-order valence-corrected chi connectivity index (χ4v) is 8.51. The minimum Gasteiger partial charge on any atom is -0.459 e. The summed E-state index contributed by atoms with van der Waals surface area (Å²) in [6, 6.07) is 40.8. The van der Waals surface area contributed by atoms with Crippen molar-refractivity contribution < 1.29 is 76.1 Å². The first-order valence-corrected chi connectivity index (χ1v) is 26.9. The van der Waals surface area contributed by atoms with Crippen LogP contribution in [0.2, 0.25) is 25.7 Å². The van der Waals surface area contributed by atoms with Gasteiger partial charge < -0.3 is 47.4 Å². The molecule has 2 heterocycles. The van der Waals surface area contributed by atoms with Gasteiger partial charge in [0.1, 0.15) is 18.8 Å². The number of ether oxygens (including phenoxy) is 10. The monoisotopic (exact) mass is 988 g/mol. The van der Waals surface area contributed by atoms with Crippen LogP contribution in [0.25, 0.3) is 0 Å². The minimum absolute atomic E-state index is 0.0913. The first kappa shape index (κ1) is 51.8. The molecule has 0 unspecified atom stereocenters. The molecule has 0 aromatic heterocycles. The van der Waals surface area contributed by atoms with Crippen LogP contribution in [0.4, 0.5) is 0 Å². The lowest BCUT2D eigenvalue weighted by molar-refractivity contribution is -0.354. The second-order valence-electron chi connectivity index (χ2n) is 18.0. The number of carbonyl (C=O) groups is 6. The smallest absolute Gasteiger partial charge is 0.338 e. The van der Waals surface area contributed by atoms with Gasteiger partial charge in [-0.3, -0.25) is 4.79 Å². The molecule has 0 amide bonds. The van der Waals surface area contributed by atoms with E-state index in [0.717, 1.165) is 6.92 Å². The van der Waals surface area contributed by atoms with Crippen LogP contribution in [0.3, 0.4) is 0 Å². The highest BCUT2D eigenvalue weighted by Crippen LogP contribution is 2.37. The lowest BCUT2D eigenvalue weighted by Crippen LogP contribution is -2.67. The standard InChI is InChI=1S/C54H56O16Si/c1-34-42(64-35(2)55)44(67-50(58)38-25-15-8-16-26-38)47(69-52(60)40-29-19-10-20-30-40)54(63-34)70-45-43(66-49(57)37-23-13-7-14-24-37)41(33-62-48(56)36-21-11-6-12-22-36)65-53(61-31-32-71(3,4)5)46(45)68-51(59)39-27-17-9-18-28-39/h6-30,34,41-47,53-54H,31-33H2,1-5H3/t34-,41+,42-,43-,44+,45-,46+,47+,53+,54-/m0/s1. The van der Waals surface area contributed by atoms with Crippen LogP contribution < -0.4 is 0 Å². The van der Waals surface area contributed by atoms with E-state index < -0.39 is 112 Å². The zero-order valence-corrected chi connectivity index (χ0v) is 40.9. The van der Waals surface area contributed by atoms with Crippen LogP contribution in [-0.4, -0.2) is 119 Å². The quantitative estimate of drug-likeness (QED) is 0.0467. The number of rotatable bonds is 18. The summed E-state index contributed by atoms with van der Waals surface area (Å²) in [7, 11) is -1.79. The van der Waals surface area contributed by atoms with Gasteiger partial charge in [0.15, 0.2) is 43.1 Å². The van der Waals surface area contributed by atoms with E-state index in [4.69, 9.17) is 47.4 Å². The van der Waals surface area contributed by atoms with Crippen LogP contribution in [0.5, 0.6) is 0 Å². The molecule has 17 heteroatoms. The van der Waals surface area contributed by atoms with Crippen molar-refractivity contribution in [1.82, 2.24) is 0 Å². The molecular weight excluding hydrogens is 933 g/mol. The first-order valence-electron chi connectivity index (χ1n) is 23.2. The largest absolute Gasteiger partial charge is 0.459 e. The maximum Gasteiger partial charge on any atom is 0.338 e. The van der Waals surface area contributed by atoms with Crippen LogP contribution in [0, 0.1) is 0 Å². The molecule has 2 aliphatic rings. The van der Waals surface area contributed by atoms with Crippen LogP contribution in [0.15, 0.2) is 152 Å². The highest BCUT2D eigenvalue weighted by atomic mass is 28.3. The Bertz CT molecular complexity index is 2560. The van der Waals surface area contributed by atoms with Gasteiger partial charge in [0.2, 0.25) is 0 Å². The lowest BCUT2D eigenvalue weighted by atomic mass is 9.96. The summed E-state index contributed by atoms with van der Waals surface area (Å²) in [5.41, 5.74) is 0.687. The molecular formula is C54H56O16Si. The Balaban J connectivity index is 1.37. The molecule has 16 nitrogen and oxygen atoms in total. The Labute approximate surface area is 412 Å². The molecule has 71 heavy (non-hydrogen) atoms. The molecule has 2 saturated heterocycles. The van der Waals surface area contributed by atoms with Gasteiger partial charge in [-0.05, 0) is 73.6 Å². The van der Waals surface area contributed by atoms with Crippen LogP contribution in [0.1, 0.15) is 65.6 Å². The summed E-state index contributed by atoms with van der Waals surface area (Å²) in [5, 5.41) is 0. The topological polar surface area (TPSA) is 195 Å². The summed E-state index contributed by atoms with van der Waals surface area (Å²) < 4.78 is 63.0. The molecule has 10 atom stereocenters. The van der Waals surface area contributed by atoms with Crippen molar-refractivity contribution in [3.8, 4) is 0 Å². The van der Waals surface area contributed by atoms with E-state index in [2.05, 4.69) is 19.6 Å². The fraction of sp³-hybridized carbons (Fsp3) is 0.333. The normalized spacial score (nSPS) is 24.1. The first-order chi connectivity index (χ1) is 34.1. The zero-order valence-electron chi connectivity index (χ0n) is 39.9. The van der Waals surface area contributed by atoms with Gasteiger partial charge >= 0.3 is 35.8 Å². The molecule has 2 fully saturated rings. The highest BCUT2D eigenvalue weighted by molar-refractivity contribution is 6.76. The van der Waals surface area contributed by atoms with Gasteiger partial charge in [-0.1, -0.05) is 111 Å². The molecule has 372 valence electrons. The van der Waals surface area contributed by atoms with E-state index in [9.17, 15) is 28.8 Å². The summed E-state index contributed by atoms with van der Waals surface area (Å²) in [6.07, 6.45) is -15.5. The summed E-state index contributed by atoms with van der Waals surface area (Å²) >= 11 is 0. The van der Waals surface area contributed by atoms with Crippen molar-refractivity contribution in [2.24, 2.45) is 0 Å². The van der Waals surface area contributed by atoms with Gasteiger partial charge in [0.25, 0.3) is 0 Å². The fourth-order valence-electron chi connectivity index (χ4n) is 7.78. The lowest BCUT2D eigenvalue weighted by Gasteiger charge is -2.48. The molecule has 2 aliphatic heterocycles. The highest BCUT2D eigenvalue weighted by Gasteiger charge is 2.57. The number of hydrogen-bond donors (Lipinski definition) is 0. The SMILES string of the molecule is CC(=O)O[C@@H]1[C@@H](OC(=O)c2ccccc2)[C@@H](OC(=O)c2ccccc2)[C@H](O[C@H]2[C@@H](OC(=O)c3ccccc3)[C@@H](COC(=O)c3ccccc3)O[C@@H](OCC[Si](C)(C)C)[C@@H]2OC(=O)c2ccccc2)O[C@H]1C. The molecule has 0 radical (unpaired) electrons. The van der Waals surface area contributed by atoms with Crippen molar-refractivity contribution in [2.45, 2.75) is 101 Å². The average molecular weight is 989 g/mol. The second kappa shape index (κ2) is 24.2. The van der Waals surface area contributed by atoms with Gasteiger partial charge in [-0.15, -0.1) is 0 Å². The Hall–Kier alpha value is -7.02. The molecule has 5 aromatic rings. The van der Waals surface area contributed by atoms with E-state index in [1.54, 1.807) is 103 Å². The Morgan fingerprint density at radius 2 is 0.831 bits per heavy atom. The van der Waals surface area contributed by atoms with Gasteiger partial charge in [-0.2, -0.15) is 0 Å².